The van der Waals surface area contributed by atoms with Gasteiger partial charge in [-0.25, -0.2) is 0 Å². The van der Waals surface area contributed by atoms with Gasteiger partial charge in [0.15, 0.2) is 0 Å². The predicted molar refractivity (Wildman–Crippen MR) is 411 cm³/mol. The molecular formula is C76H152B2N2O7P2Si2. The van der Waals surface area contributed by atoms with E-state index in [1.165, 1.54) is 270 Å². The number of ether oxygens (including phenoxy) is 1. The van der Waals surface area contributed by atoms with Crippen LogP contribution in [-0.2, 0) is 28.0 Å². The van der Waals surface area contributed by atoms with Gasteiger partial charge >= 0.3 is 5.97 Å². The van der Waals surface area contributed by atoms with Crippen molar-refractivity contribution in [1.82, 2.24) is 10.6 Å². The number of nitrogens with one attached hydrogen (secondary N) is 2. The monoisotopic (exact) mass is 1350 g/mol. The van der Waals surface area contributed by atoms with Crippen LogP contribution < -0.4 is 10.6 Å². The van der Waals surface area contributed by atoms with E-state index in [1.54, 1.807) is 6.08 Å². The highest BCUT2D eigenvalue weighted by Gasteiger charge is 2.26. The number of hydrogen-bond acceptors (Lipinski definition) is 7. The van der Waals surface area contributed by atoms with E-state index in [4.69, 9.17) is 33.5 Å². The van der Waals surface area contributed by atoms with Crippen molar-refractivity contribution in [1.29, 1.82) is 5.03 Å². The van der Waals surface area contributed by atoms with E-state index in [-0.39, 0.29) is 31.0 Å². The highest BCUT2D eigenvalue weighted by atomic mass is 31.3. The van der Waals surface area contributed by atoms with Gasteiger partial charge in [0.25, 0.3) is 0 Å². The van der Waals surface area contributed by atoms with E-state index in [2.05, 4.69) is 51.3 Å². The summed E-state index contributed by atoms with van der Waals surface area (Å²) in [5.74, 6) is -0.466. The summed E-state index contributed by atoms with van der Waals surface area (Å²) < 4.78 is 48.7. The van der Waals surface area contributed by atoms with Gasteiger partial charge in [-0.05, 0) is 51.0 Å². The van der Waals surface area contributed by atoms with E-state index in [1.807, 2.05) is 12.2 Å². The van der Waals surface area contributed by atoms with Crippen molar-refractivity contribution < 1.29 is 33.1 Å². The van der Waals surface area contributed by atoms with Crippen LogP contribution in [-0.4, -0.2) is 97.3 Å². The number of aliphatic hydroxyl groups excluding tert-OH is 1. The SMILES string of the molecule is [2H][Si]([B])(OC[C@H](NC(=O)CCCCCCCCCCCCC)[C@@H](/C=C/CCCCCCCCCCCCC)OC(=O)CCCCCCCCCCC)P[3H].[2H][Si]([B])(OC[C@H](NC(=O)CCCCCCCCCCCCC)[C@H](O)/C=C/CCCCCCCCCCCCC)P[3H]. The molecule has 15 heteroatoms. The molecule has 0 aliphatic heterocycles. The van der Waals surface area contributed by atoms with Gasteiger partial charge in [-0.3, -0.25) is 14.4 Å². The summed E-state index contributed by atoms with van der Waals surface area (Å²) >= 11 is 0. The molecule has 0 aromatic carbocycles. The molecule has 0 rings (SSSR count). The maximum atomic E-state index is 13.2. The number of carbonyl (C=O) groups is 3. The molecule has 8 atom stereocenters. The fraction of sp³-hybridized carbons (Fsp3) is 0.908. The molecule has 2 amide bonds. The Hall–Kier alpha value is -0.806. The maximum Gasteiger partial charge on any atom is 0.306 e. The minimum absolute atomic E-state index is 0.0357. The minimum atomic E-state index is -3.42. The zero-order chi connectivity index (χ0) is 70.2. The molecule has 9 nitrogen and oxygen atoms in total. The second-order valence-electron chi connectivity index (χ2n) is 26.8. The lowest BCUT2D eigenvalue weighted by atomic mass is 10.0. The number of rotatable bonds is 73. The average Bonchev–Trinajstić information content (AvgIpc) is 1.09. The Balaban J connectivity index is 0. The fourth-order valence-electron chi connectivity index (χ4n) is 11.8. The van der Waals surface area contributed by atoms with Crippen molar-refractivity contribution in [2.24, 2.45) is 0 Å². The lowest BCUT2D eigenvalue weighted by Gasteiger charge is -2.27. The number of allylic oxidation sites excluding steroid dienone is 2. The van der Waals surface area contributed by atoms with E-state index in [0.717, 1.165) is 83.5 Å². The summed E-state index contributed by atoms with van der Waals surface area (Å²) in [6.45, 7) is 11.2. The summed E-state index contributed by atoms with van der Waals surface area (Å²) in [6.07, 6.45) is 75.2. The van der Waals surface area contributed by atoms with Crippen molar-refractivity contribution >= 4 is 67.1 Å². The molecule has 0 aromatic heterocycles. The first-order valence-electron chi connectivity index (χ1n) is 41.2. The van der Waals surface area contributed by atoms with Gasteiger partial charge in [0.05, 0.1) is 48.8 Å². The van der Waals surface area contributed by atoms with Crippen LogP contribution in [0.15, 0.2) is 24.3 Å². The van der Waals surface area contributed by atoms with Crippen LogP contribution in [0.1, 0.15) is 407 Å². The molecule has 4 radical (unpaired) electrons. The van der Waals surface area contributed by atoms with Gasteiger partial charge in [0.2, 0.25) is 11.8 Å². The molecule has 0 saturated heterocycles. The second-order valence-corrected chi connectivity index (χ2v) is 31.8. The summed E-state index contributed by atoms with van der Waals surface area (Å²) in [5, 5.41) is 16.7. The van der Waals surface area contributed by atoms with Gasteiger partial charge < -0.3 is 29.3 Å². The van der Waals surface area contributed by atoms with Crippen LogP contribution in [0.4, 0.5) is 0 Å². The van der Waals surface area contributed by atoms with Crippen LogP contribution in [0.5, 0.6) is 0 Å². The molecule has 3 N–H and O–H groups in total. The van der Waals surface area contributed by atoms with Crippen molar-refractivity contribution in [3.05, 3.63) is 24.3 Å². The Labute approximate surface area is 581 Å². The quantitative estimate of drug-likeness (QED) is 0.0182. The van der Waals surface area contributed by atoms with Gasteiger partial charge in [-0.15, -0.1) is 17.5 Å². The Morgan fingerprint density at radius 2 is 0.659 bits per heavy atom. The summed E-state index contributed by atoms with van der Waals surface area (Å²) in [4.78, 5) is 38.9. The molecule has 0 heterocycles. The Morgan fingerprint density at radius 1 is 0.407 bits per heavy atom. The van der Waals surface area contributed by atoms with Crippen LogP contribution in [0, 0.1) is 0 Å². The van der Waals surface area contributed by atoms with Crippen molar-refractivity contribution in [3.8, 4) is 0 Å². The summed E-state index contributed by atoms with van der Waals surface area (Å²) in [6, 6.07) is -1.30. The first-order chi connectivity index (χ1) is 46.1. The standard InChI is InChI=1S/C44H87BNO4PSi.C32H65BNO3PSi/c1-4-7-10-13-16-19-21-22-24-26-28-31-34-37-42(50-44(48)39-36-33-30-25-18-15-12-9-6-3)41(40-49-52(45)51)46-43(47)38-35-32-29-27-23-20-17-14-11-8-5-2;1-3-5-7-9-11-13-15-16-18-19-21-23-25-27-31(35)30(29-37-39(33)38)34-32(36)28-26-24-22-20-17-14-12-10-8-6-4-2/h34,37,41-42,52H,4-33,35-36,38-40,51H2,1-3H3,(H,46,47);25,27,30-31,35,39H,3-24,26,28-29,38H2,1-2H3,(H,34,36)/b37-34+;27-25+/t41-,42+,52?;30-,31+,39?/m00/s1/i51T,52D;38T,39D/t41-,42+,51?,52?;30-,31+,38?,39?. The molecule has 0 spiro atoms. The smallest absolute Gasteiger partial charge is 0.306 e. The molecule has 91 heavy (non-hydrogen) atoms. The Kier molecular flexibility index (Phi) is 71.0. The number of amides is 2. The Bertz CT molecular complexity index is 1730. The normalized spacial score (nSPS) is 15.2. The van der Waals surface area contributed by atoms with Gasteiger partial charge in [-0.2, -0.15) is 0 Å². The zero-order valence-electron chi connectivity index (χ0n) is 64.6. The largest absolute Gasteiger partial charge is 0.456 e. The summed E-state index contributed by atoms with van der Waals surface area (Å²) in [7, 11) is 3.98. The average molecular weight is 1350 g/mol. The first-order valence-corrected chi connectivity index (χ1v) is 45.2. The van der Waals surface area contributed by atoms with E-state index < -0.39 is 58.8 Å². The molecule has 4 unspecified atom stereocenters. The number of esters is 1. The highest BCUT2D eigenvalue weighted by Crippen LogP contribution is 2.19. The second kappa shape index (κ2) is 76.6. The Morgan fingerprint density at radius 3 is 0.967 bits per heavy atom. The van der Waals surface area contributed by atoms with Crippen LogP contribution in [0.25, 0.3) is 0 Å². The third-order valence-electron chi connectivity index (χ3n) is 17.7. The van der Waals surface area contributed by atoms with Crippen molar-refractivity contribution in [2.45, 2.75) is 431 Å². The molecule has 0 bridgehead atoms. The molecule has 0 aliphatic rings. The number of carbonyl (C=O) groups excluding carboxylic acids is 3. The molecule has 0 saturated carbocycles. The lowest BCUT2D eigenvalue weighted by molar-refractivity contribution is -0.149. The molecule has 0 aromatic rings. The van der Waals surface area contributed by atoms with E-state index >= 15 is 0 Å². The highest BCUT2D eigenvalue weighted by molar-refractivity contribution is 7.71. The third kappa shape index (κ3) is 73.3. The van der Waals surface area contributed by atoms with Gasteiger partial charge in [0, 0.05) is 21.7 Å². The first kappa shape index (κ1) is 84.4. The van der Waals surface area contributed by atoms with Crippen LogP contribution >= 0.6 is 17.5 Å². The van der Waals surface area contributed by atoms with Gasteiger partial charge in [0.1, 0.15) is 23.1 Å². The van der Waals surface area contributed by atoms with Crippen LogP contribution in [0.2, 0.25) is 0 Å². The summed E-state index contributed by atoms with van der Waals surface area (Å²) in [5.41, 5.74) is 0. The molecule has 0 aliphatic carbocycles. The third-order valence-corrected chi connectivity index (χ3v) is 19.5. The van der Waals surface area contributed by atoms with E-state index in [0.29, 0.717) is 19.3 Å². The fourth-order valence-corrected chi connectivity index (χ4v) is 13.0. The van der Waals surface area contributed by atoms with Crippen LogP contribution in [0.3, 0.4) is 0 Å². The number of hydrogen-bond donors (Lipinski definition) is 3. The lowest BCUT2D eigenvalue weighted by Crippen LogP contribution is -2.48. The molecular weight excluding hydrogens is 1190 g/mol. The molecule has 0 fully saturated rings. The maximum absolute atomic E-state index is 13.2. The van der Waals surface area contributed by atoms with E-state index in [9.17, 15) is 19.5 Å². The number of unbranched alkanes of at least 4 members (excludes halogenated alkanes) is 50. The zero-order valence-corrected chi connectivity index (χ0v) is 64.6. The predicted octanol–water partition coefficient (Wildman–Crippen LogP) is 21.6. The van der Waals surface area contributed by atoms with Gasteiger partial charge in [-0.1, -0.05) is 361 Å². The molecule has 532 valence electrons. The van der Waals surface area contributed by atoms with Crippen molar-refractivity contribution in [3.63, 3.8) is 0 Å². The topological polar surface area (TPSA) is 123 Å². The van der Waals surface area contributed by atoms with Crippen molar-refractivity contribution in [2.75, 3.05) is 13.2 Å². The number of aliphatic hydroxyl groups is 1. The minimum Gasteiger partial charge on any atom is -0.456 e.